The van der Waals surface area contributed by atoms with Gasteiger partial charge in [0.2, 0.25) is 0 Å². The van der Waals surface area contributed by atoms with Crippen LogP contribution in [0.4, 0.5) is 0 Å². The highest BCUT2D eigenvalue weighted by Gasteiger charge is 2.42. The smallest absolute Gasteiger partial charge is 0.192 e. The third-order valence-electron chi connectivity index (χ3n) is 3.52. The lowest BCUT2D eigenvalue weighted by atomic mass is 9.86. The van der Waals surface area contributed by atoms with Crippen LogP contribution in [0.25, 0.3) is 0 Å². The van der Waals surface area contributed by atoms with Crippen molar-refractivity contribution in [1.82, 2.24) is 0 Å². The average Bonchev–Trinajstić information content (AvgIpc) is 2.26. The minimum atomic E-state index is -0.601. The average molecular weight is 220 g/mol. The first-order valence-corrected chi connectivity index (χ1v) is 5.81. The highest BCUT2D eigenvalue weighted by Crippen LogP contribution is 2.39. The van der Waals surface area contributed by atoms with Gasteiger partial charge in [-0.3, -0.25) is 0 Å². The van der Waals surface area contributed by atoms with E-state index < -0.39 is 5.79 Å². The van der Waals surface area contributed by atoms with E-state index in [1.807, 2.05) is 37.3 Å². The molecule has 0 aliphatic carbocycles. The van der Waals surface area contributed by atoms with Gasteiger partial charge in [-0.25, -0.2) is 0 Å². The van der Waals surface area contributed by atoms with E-state index in [1.165, 1.54) is 0 Å². The maximum atomic E-state index is 6.05. The third-order valence-corrected chi connectivity index (χ3v) is 3.52. The van der Waals surface area contributed by atoms with Gasteiger partial charge in [-0.2, -0.15) is 0 Å². The van der Waals surface area contributed by atoms with Crippen LogP contribution in [0.15, 0.2) is 30.3 Å². The molecular formula is C14H20O2. The standard InChI is InChI=1S/C14H20O2/c1-11-13(2,3)10-15-14(4,16-11)12-8-6-5-7-9-12/h5-9,11H,10H2,1-4H3/t11-,14-/m1/s1. The molecule has 1 aliphatic rings. The van der Waals surface area contributed by atoms with Gasteiger partial charge in [0, 0.05) is 11.0 Å². The Labute approximate surface area is 97.6 Å². The predicted octanol–water partition coefficient (Wildman–Crippen LogP) is 3.32. The Hall–Kier alpha value is -0.860. The monoisotopic (exact) mass is 220 g/mol. The van der Waals surface area contributed by atoms with E-state index in [-0.39, 0.29) is 11.5 Å². The van der Waals surface area contributed by atoms with Crippen LogP contribution in [0, 0.1) is 5.41 Å². The van der Waals surface area contributed by atoms with E-state index in [0.717, 1.165) is 12.2 Å². The van der Waals surface area contributed by atoms with Gasteiger partial charge in [-0.05, 0) is 13.8 Å². The molecule has 2 atom stereocenters. The highest BCUT2D eigenvalue weighted by molar-refractivity contribution is 5.20. The summed E-state index contributed by atoms with van der Waals surface area (Å²) in [5.41, 5.74) is 1.16. The maximum Gasteiger partial charge on any atom is 0.192 e. The molecule has 1 aliphatic heterocycles. The number of ether oxygens (including phenoxy) is 2. The molecule has 0 radical (unpaired) electrons. The zero-order chi connectivity index (χ0) is 11.8. The lowest BCUT2D eigenvalue weighted by Gasteiger charge is -2.46. The van der Waals surface area contributed by atoms with E-state index in [1.54, 1.807) is 0 Å². The first kappa shape index (κ1) is 11.6. The van der Waals surface area contributed by atoms with Crippen molar-refractivity contribution in [3.8, 4) is 0 Å². The van der Waals surface area contributed by atoms with Gasteiger partial charge in [0.15, 0.2) is 5.79 Å². The van der Waals surface area contributed by atoms with Crippen molar-refractivity contribution < 1.29 is 9.47 Å². The summed E-state index contributed by atoms with van der Waals surface area (Å²) in [4.78, 5) is 0. The summed E-state index contributed by atoms with van der Waals surface area (Å²) >= 11 is 0. The molecule has 1 fully saturated rings. The van der Waals surface area contributed by atoms with Crippen LogP contribution in [-0.4, -0.2) is 12.7 Å². The largest absolute Gasteiger partial charge is 0.345 e. The molecule has 0 aromatic heterocycles. The topological polar surface area (TPSA) is 18.5 Å². The molecule has 2 heteroatoms. The highest BCUT2D eigenvalue weighted by atomic mass is 16.7. The fourth-order valence-corrected chi connectivity index (χ4v) is 1.86. The molecule has 0 saturated carbocycles. The van der Waals surface area contributed by atoms with Crippen LogP contribution in [0.2, 0.25) is 0 Å². The number of hydrogen-bond acceptors (Lipinski definition) is 2. The normalized spacial score (nSPS) is 33.6. The molecule has 0 bridgehead atoms. The van der Waals surface area contributed by atoms with Crippen LogP contribution in [-0.2, 0) is 15.3 Å². The van der Waals surface area contributed by atoms with Crippen molar-refractivity contribution >= 4 is 0 Å². The number of hydrogen-bond donors (Lipinski definition) is 0. The van der Waals surface area contributed by atoms with Crippen LogP contribution in [0.5, 0.6) is 0 Å². The van der Waals surface area contributed by atoms with Gasteiger partial charge in [-0.1, -0.05) is 44.2 Å². The second kappa shape index (κ2) is 3.86. The first-order chi connectivity index (χ1) is 7.44. The molecule has 1 heterocycles. The summed E-state index contributed by atoms with van der Waals surface area (Å²) in [5, 5.41) is 0. The van der Waals surface area contributed by atoms with Crippen LogP contribution in [0.1, 0.15) is 33.3 Å². The molecule has 1 saturated heterocycles. The molecule has 0 N–H and O–H groups in total. The van der Waals surface area contributed by atoms with Gasteiger partial charge in [0.05, 0.1) is 12.7 Å². The van der Waals surface area contributed by atoms with Crippen molar-refractivity contribution in [2.45, 2.75) is 39.6 Å². The number of benzene rings is 1. The lowest BCUT2D eigenvalue weighted by molar-refractivity contribution is -0.325. The molecule has 1 aromatic carbocycles. The first-order valence-electron chi connectivity index (χ1n) is 5.81. The van der Waals surface area contributed by atoms with Gasteiger partial charge < -0.3 is 9.47 Å². The Kier molecular flexibility index (Phi) is 2.81. The van der Waals surface area contributed by atoms with Crippen molar-refractivity contribution in [2.75, 3.05) is 6.61 Å². The summed E-state index contributed by atoms with van der Waals surface area (Å²) in [5.74, 6) is -0.601. The van der Waals surface area contributed by atoms with Crippen molar-refractivity contribution in [2.24, 2.45) is 5.41 Å². The van der Waals surface area contributed by atoms with Gasteiger partial charge >= 0.3 is 0 Å². The minimum absolute atomic E-state index is 0.0777. The van der Waals surface area contributed by atoms with Crippen molar-refractivity contribution in [3.63, 3.8) is 0 Å². The quantitative estimate of drug-likeness (QED) is 0.722. The van der Waals surface area contributed by atoms with Crippen LogP contribution < -0.4 is 0 Å². The fraction of sp³-hybridized carbons (Fsp3) is 0.571. The molecule has 2 rings (SSSR count). The summed E-state index contributed by atoms with van der Waals surface area (Å²) in [7, 11) is 0. The van der Waals surface area contributed by atoms with Crippen LogP contribution in [0.3, 0.4) is 0 Å². The Bertz CT molecular complexity index is 358. The molecule has 0 spiro atoms. The summed E-state index contributed by atoms with van der Waals surface area (Å²) in [6, 6.07) is 10.1. The van der Waals surface area contributed by atoms with E-state index in [4.69, 9.17) is 9.47 Å². The third kappa shape index (κ3) is 2.00. The zero-order valence-corrected chi connectivity index (χ0v) is 10.5. The Morgan fingerprint density at radius 3 is 2.31 bits per heavy atom. The molecule has 0 amide bonds. The van der Waals surface area contributed by atoms with E-state index in [9.17, 15) is 0 Å². The molecule has 2 nitrogen and oxygen atoms in total. The number of rotatable bonds is 1. The van der Waals surface area contributed by atoms with E-state index in [2.05, 4.69) is 20.8 Å². The van der Waals surface area contributed by atoms with Crippen LogP contribution >= 0.6 is 0 Å². The van der Waals surface area contributed by atoms with Crippen molar-refractivity contribution in [1.29, 1.82) is 0 Å². The second-order valence-corrected chi connectivity index (χ2v) is 5.35. The zero-order valence-electron chi connectivity index (χ0n) is 10.5. The molecule has 0 unspecified atom stereocenters. The summed E-state index contributed by atoms with van der Waals surface area (Å²) in [6.45, 7) is 9.17. The maximum absolute atomic E-state index is 6.05. The summed E-state index contributed by atoms with van der Waals surface area (Å²) < 4.78 is 12.0. The van der Waals surface area contributed by atoms with E-state index >= 15 is 0 Å². The fourth-order valence-electron chi connectivity index (χ4n) is 1.86. The molecule has 1 aromatic rings. The van der Waals surface area contributed by atoms with E-state index in [0.29, 0.717) is 0 Å². The second-order valence-electron chi connectivity index (χ2n) is 5.35. The summed E-state index contributed by atoms with van der Waals surface area (Å²) in [6.07, 6.45) is 0.187. The van der Waals surface area contributed by atoms with Gasteiger partial charge in [-0.15, -0.1) is 0 Å². The Balaban J connectivity index is 2.23. The van der Waals surface area contributed by atoms with Crippen molar-refractivity contribution in [3.05, 3.63) is 35.9 Å². The lowest BCUT2D eigenvalue weighted by Crippen LogP contribution is -2.48. The molecular weight excluding hydrogens is 200 g/mol. The van der Waals surface area contributed by atoms with Gasteiger partial charge in [0.1, 0.15) is 0 Å². The Morgan fingerprint density at radius 2 is 1.75 bits per heavy atom. The molecule has 16 heavy (non-hydrogen) atoms. The molecule has 88 valence electrons. The Morgan fingerprint density at radius 1 is 1.12 bits per heavy atom. The minimum Gasteiger partial charge on any atom is -0.345 e. The van der Waals surface area contributed by atoms with Gasteiger partial charge in [0.25, 0.3) is 0 Å². The SMILES string of the molecule is C[C@H]1O[C@](C)(c2ccccc2)OCC1(C)C. The predicted molar refractivity (Wildman–Crippen MR) is 64.1 cm³/mol.